The maximum Gasteiger partial charge on any atom is 0.341 e. The third-order valence-corrected chi connectivity index (χ3v) is 5.47. The number of pyridine rings is 1. The average Bonchev–Trinajstić information content (AvgIpc) is 2.74. The van der Waals surface area contributed by atoms with Crippen LogP contribution in [0.3, 0.4) is 0 Å². The van der Waals surface area contributed by atoms with Gasteiger partial charge >= 0.3 is 5.97 Å². The van der Waals surface area contributed by atoms with Gasteiger partial charge in [-0.2, -0.15) is 0 Å². The zero-order valence-corrected chi connectivity index (χ0v) is 17.2. The number of carbonyl (C=O) groups is 1. The van der Waals surface area contributed by atoms with Gasteiger partial charge in [0.15, 0.2) is 0 Å². The second-order valence-electron chi connectivity index (χ2n) is 7.64. The Labute approximate surface area is 181 Å². The highest BCUT2D eigenvalue weighted by Gasteiger charge is 2.26. The van der Waals surface area contributed by atoms with E-state index in [9.17, 15) is 23.5 Å². The van der Waals surface area contributed by atoms with Crippen LogP contribution in [0.4, 0.5) is 18.9 Å². The number of hydrogen-bond acceptors (Lipinski definition) is 4. The van der Waals surface area contributed by atoms with Crippen molar-refractivity contribution in [2.75, 3.05) is 31.1 Å². The number of carboxylic acids is 1. The smallest absolute Gasteiger partial charge is 0.341 e. The van der Waals surface area contributed by atoms with Crippen LogP contribution >= 0.6 is 0 Å². The molecule has 0 amide bonds. The van der Waals surface area contributed by atoms with Gasteiger partial charge in [0.2, 0.25) is 5.43 Å². The molecule has 1 fully saturated rings. The number of allylic oxidation sites excluding steroid dienone is 1. The molecule has 0 bridgehead atoms. The number of anilines is 1. The number of piperazine rings is 1. The van der Waals surface area contributed by atoms with E-state index in [1.54, 1.807) is 11.8 Å². The SMILES string of the molecule is C=C(C)c1c(N2CCNCC2)c(F)cc2c(=O)c(C(=O)O)cn(-c3ccc(F)cc3F)c12. The van der Waals surface area contributed by atoms with Gasteiger partial charge < -0.3 is 19.9 Å². The number of halogens is 3. The van der Waals surface area contributed by atoms with E-state index >= 15 is 4.39 Å². The predicted octanol–water partition coefficient (Wildman–Crippen LogP) is 3.55. The highest BCUT2D eigenvalue weighted by Crippen LogP contribution is 2.37. The molecule has 0 atom stereocenters. The number of fused-ring (bicyclic) bond motifs is 1. The van der Waals surface area contributed by atoms with Crippen molar-refractivity contribution in [3.63, 3.8) is 0 Å². The van der Waals surface area contributed by atoms with Gasteiger partial charge in [-0.3, -0.25) is 4.79 Å². The van der Waals surface area contributed by atoms with E-state index in [1.807, 2.05) is 0 Å². The Hall–Kier alpha value is -3.59. The zero-order valence-electron chi connectivity index (χ0n) is 17.2. The fraction of sp³-hybridized carbons (Fsp3) is 0.217. The maximum absolute atomic E-state index is 15.4. The molecular formula is C23H20F3N3O3. The number of hydrogen-bond donors (Lipinski definition) is 2. The normalized spacial score (nSPS) is 14.1. The van der Waals surface area contributed by atoms with E-state index in [2.05, 4.69) is 11.9 Å². The summed E-state index contributed by atoms with van der Waals surface area (Å²) >= 11 is 0. The van der Waals surface area contributed by atoms with E-state index < -0.39 is 34.4 Å². The molecule has 2 N–H and O–H groups in total. The first-order valence-corrected chi connectivity index (χ1v) is 9.92. The van der Waals surface area contributed by atoms with Gasteiger partial charge in [0.25, 0.3) is 0 Å². The Morgan fingerprint density at radius 2 is 1.81 bits per heavy atom. The molecule has 3 aromatic rings. The van der Waals surface area contributed by atoms with Crippen molar-refractivity contribution < 1.29 is 23.1 Å². The molecular weight excluding hydrogens is 423 g/mol. The van der Waals surface area contributed by atoms with Crippen LogP contribution in [0.1, 0.15) is 22.8 Å². The maximum atomic E-state index is 15.4. The van der Waals surface area contributed by atoms with Crippen LogP contribution in [0.15, 0.2) is 41.8 Å². The summed E-state index contributed by atoms with van der Waals surface area (Å²) in [5, 5.41) is 12.5. The van der Waals surface area contributed by atoms with Crippen LogP contribution in [-0.4, -0.2) is 41.8 Å². The summed E-state index contributed by atoms with van der Waals surface area (Å²) in [6.07, 6.45) is 0.981. The van der Waals surface area contributed by atoms with Crippen molar-refractivity contribution in [3.8, 4) is 5.69 Å². The van der Waals surface area contributed by atoms with Crippen LogP contribution in [0.2, 0.25) is 0 Å². The minimum Gasteiger partial charge on any atom is -0.477 e. The summed E-state index contributed by atoms with van der Waals surface area (Å²) in [7, 11) is 0. The number of aromatic nitrogens is 1. The Kier molecular flexibility index (Phi) is 5.52. The van der Waals surface area contributed by atoms with E-state index in [-0.39, 0.29) is 27.8 Å². The molecule has 1 aliphatic rings. The van der Waals surface area contributed by atoms with Gasteiger partial charge in [0.1, 0.15) is 23.0 Å². The molecule has 0 unspecified atom stereocenters. The highest BCUT2D eigenvalue weighted by molar-refractivity contribution is 6.00. The largest absolute Gasteiger partial charge is 0.477 e. The Bertz CT molecular complexity index is 1330. The van der Waals surface area contributed by atoms with E-state index in [0.717, 1.165) is 29.0 Å². The first-order valence-electron chi connectivity index (χ1n) is 9.92. The molecule has 0 spiro atoms. The first-order chi connectivity index (χ1) is 15.2. The standard InChI is InChI=1S/C23H20F3N3O3/c1-12(2)19-20-14(10-17(26)21(19)28-7-5-27-6-8-28)22(30)15(23(31)32)11-29(20)18-4-3-13(24)9-16(18)25/h3-4,9-11,27H,1,5-8H2,2H3,(H,31,32). The van der Waals surface area contributed by atoms with Crippen LogP contribution < -0.4 is 15.6 Å². The zero-order chi connectivity index (χ0) is 23.2. The van der Waals surface area contributed by atoms with Gasteiger partial charge in [0.05, 0.1) is 22.3 Å². The monoisotopic (exact) mass is 443 g/mol. The minimum absolute atomic E-state index is 0.105. The summed E-state index contributed by atoms with van der Waals surface area (Å²) in [4.78, 5) is 26.5. The fourth-order valence-corrected chi connectivity index (χ4v) is 4.07. The van der Waals surface area contributed by atoms with E-state index in [4.69, 9.17) is 0 Å². The summed E-state index contributed by atoms with van der Waals surface area (Å²) < 4.78 is 44.8. The third kappa shape index (κ3) is 3.54. The summed E-state index contributed by atoms with van der Waals surface area (Å²) in [6, 6.07) is 3.78. The lowest BCUT2D eigenvalue weighted by molar-refractivity contribution is 0.0695. The van der Waals surface area contributed by atoms with Crippen molar-refractivity contribution in [1.29, 1.82) is 0 Å². The average molecular weight is 443 g/mol. The molecule has 2 heterocycles. The van der Waals surface area contributed by atoms with Gasteiger partial charge in [-0.05, 0) is 30.7 Å². The Morgan fingerprint density at radius 1 is 1.12 bits per heavy atom. The van der Waals surface area contributed by atoms with Crippen molar-refractivity contribution >= 4 is 28.1 Å². The van der Waals surface area contributed by atoms with Crippen LogP contribution in [0.25, 0.3) is 22.2 Å². The van der Waals surface area contributed by atoms with Crippen LogP contribution in [-0.2, 0) is 0 Å². The number of nitrogens with one attached hydrogen (secondary N) is 1. The molecule has 1 saturated heterocycles. The number of carboxylic acid groups (broad SMARTS) is 1. The van der Waals surface area contributed by atoms with Crippen LogP contribution in [0, 0.1) is 17.5 Å². The minimum atomic E-state index is -1.54. The molecule has 1 aromatic heterocycles. The summed E-state index contributed by atoms with van der Waals surface area (Å²) in [5.41, 5.74) is -0.776. The molecule has 32 heavy (non-hydrogen) atoms. The fourth-order valence-electron chi connectivity index (χ4n) is 4.07. The number of rotatable bonds is 4. The van der Waals surface area contributed by atoms with Crippen LogP contribution in [0.5, 0.6) is 0 Å². The quantitative estimate of drug-likeness (QED) is 0.645. The number of aromatic carboxylic acids is 1. The summed E-state index contributed by atoms with van der Waals surface area (Å²) in [5.74, 6) is -4.03. The van der Waals surface area contributed by atoms with Gasteiger partial charge in [-0.1, -0.05) is 6.58 Å². The highest BCUT2D eigenvalue weighted by atomic mass is 19.1. The van der Waals surface area contributed by atoms with Crippen molar-refractivity contribution in [3.05, 3.63) is 75.8 Å². The predicted molar refractivity (Wildman–Crippen MR) is 116 cm³/mol. The molecule has 9 heteroatoms. The molecule has 6 nitrogen and oxygen atoms in total. The van der Waals surface area contributed by atoms with Crippen molar-refractivity contribution in [2.45, 2.75) is 6.92 Å². The van der Waals surface area contributed by atoms with Crippen molar-refractivity contribution in [2.24, 2.45) is 0 Å². The molecule has 0 saturated carbocycles. The Balaban J connectivity index is 2.20. The number of nitrogens with zero attached hydrogens (tertiary/aromatic N) is 2. The second kappa shape index (κ2) is 8.16. The lowest BCUT2D eigenvalue weighted by atomic mass is 9.98. The molecule has 0 aliphatic carbocycles. The van der Waals surface area contributed by atoms with Gasteiger partial charge in [0, 0.05) is 44.0 Å². The lowest BCUT2D eigenvalue weighted by Crippen LogP contribution is -2.44. The molecule has 1 aliphatic heterocycles. The van der Waals surface area contributed by atoms with E-state index in [0.29, 0.717) is 37.8 Å². The molecule has 2 aromatic carbocycles. The lowest BCUT2D eigenvalue weighted by Gasteiger charge is -2.32. The van der Waals surface area contributed by atoms with Gasteiger partial charge in [-0.25, -0.2) is 18.0 Å². The summed E-state index contributed by atoms with van der Waals surface area (Å²) in [6.45, 7) is 7.78. The topological polar surface area (TPSA) is 74.6 Å². The first kappa shape index (κ1) is 21.6. The number of benzene rings is 2. The molecule has 0 radical (unpaired) electrons. The van der Waals surface area contributed by atoms with Crippen molar-refractivity contribution in [1.82, 2.24) is 9.88 Å². The molecule has 4 rings (SSSR count). The van der Waals surface area contributed by atoms with E-state index in [1.165, 1.54) is 0 Å². The third-order valence-electron chi connectivity index (χ3n) is 5.47. The second-order valence-corrected chi connectivity index (χ2v) is 7.64. The molecule has 166 valence electrons. The van der Waals surface area contributed by atoms with Gasteiger partial charge in [-0.15, -0.1) is 0 Å². The Morgan fingerprint density at radius 3 is 2.41 bits per heavy atom.